The fourth-order valence-corrected chi connectivity index (χ4v) is 4.90. The van der Waals surface area contributed by atoms with Crippen molar-refractivity contribution in [2.45, 2.75) is 43.7 Å². The molecule has 5 heteroatoms. The van der Waals surface area contributed by atoms with Gasteiger partial charge in [0, 0.05) is 18.3 Å². The van der Waals surface area contributed by atoms with Crippen LogP contribution in [0.3, 0.4) is 0 Å². The summed E-state index contributed by atoms with van der Waals surface area (Å²) in [5, 5.41) is 4.34. The van der Waals surface area contributed by atoms with Gasteiger partial charge < -0.3 is 9.64 Å². The molecule has 138 valence electrons. The van der Waals surface area contributed by atoms with E-state index in [4.69, 9.17) is 4.74 Å². The Bertz CT molecular complexity index is 965. The molecule has 2 aromatic heterocycles. The molecular formula is C22H23N3O2. The lowest BCUT2D eigenvalue weighted by molar-refractivity contribution is 0.0573. The number of carbonyl (C=O) groups excluding carboxylic acids is 1. The number of amides is 1. The summed E-state index contributed by atoms with van der Waals surface area (Å²) in [5.41, 5.74) is 2.96. The molecule has 1 amide bonds. The Labute approximate surface area is 158 Å². The largest absolute Gasteiger partial charge is 0.497 e. The van der Waals surface area contributed by atoms with Crippen molar-refractivity contribution in [3.8, 4) is 5.75 Å². The molecule has 4 heterocycles. The van der Waals surface area contributed by atoms with E-state index < -0.39 is 0 Å². The van der Waals surface area contributed by atoms with E-state index in [0.29, 0.717) is 18.0 Å². The molecule has 0 spiro atoms. The molecule has 2 saturated heterocycles. The lowest BCUT2D eigenvalue weighted by atomic mass is 9.85. The quantitative estimate of drug-likeness (QED) is 0.711. The van der Waals surface area contributed by atoms with Crippen LogP contribution in [0.15, 0.2) is 54.9 Å². The number of hydrogen-bond donors (Lipinski definition) is 0. The van der Waals surface area contributed by atoms with Crippen LogP contribution in [0.2, 0.25) is 0 Å². The van der Waals surface area contributed by atoms with Gasteiger partial charge >= 0.3 is 0 Å². The number of hydrogen-bond acceptors (Lipinski definition) is 3. The van der Waals surface area contributed by atoms with Crippen LogP contribution in [0.5, 0.6) is 5.75 Å². The number of carbonyl (C=O) groups is 1. The lowest BCUT2D eigenvalue weighted by Gasteiger charge is -2.39. The summed E-state index contributed by atoms with van der Waals surface area (Å²) < 4.78 is 7.05. The zero-order valence-electron chi connectivity index (χ0n) is 15.4. The van der Waals surface area contributed by atoms with Crippen molar-refractivity contribution >= 4 is 11.4 Å². The molecule has 0 aliphatic carbocycles. The van der Waals surface area contributed by atoms with E-state index in [9.17, 15) is 4.79 Å². The number of aromatic nitrogens is 2. The molecule has 3 aromatic rings. The second-order valence-electron chi connectivity index (χ2n) is 7.63. The summed E-state index contributed by atoms with van der Waals surface area (Å²) in [6, 6.07) is 14.9. The van der Waals surface area contributed by atoms with Crippen molar-refractivity contribution in [2.24, 2.45) is 0 Å². The summed E-state index contributed by atoms with van der Waals surface area (Å²) in [7, 11) is 1.69. The van der Waals surface area contributed by atoms with E-state index in [1.807, 2.05) is 36.5 Å². The Kier molecular flexibility index (Phi) is 3.88. The summed E-state index contributed by atoms with van der Waals surface area (Å²) in [6.07, 6.45) is 7.87. The third-order valence-corrected chi connectivity index (χ3v) is 6.21. The summed E-state index contributed by atoms with van der Waals surface area (Å²) in [6.45, 7) is 0. The number of fused-ring (bicyclic) bond motifs is 3. The molecule has 3 atom stereocenters. The number of rotatable bonds is 3. The van der Waals surface area contributed by atoms with Gasteiger partial charge in [-0.15, -0.1) is 0 Å². The maximum atomic E-state index is 13.3. The standard InChI is InChI=1S/C22H23N3O2/c1-27-19-9-5-15(6-10-19)16-12-17-7-8-18(13-16)25(17)22(26)20-14-23-24-11-3-2-4-21(20)24/h2-6,9-11,14,16-18H,7-8,12-13H2,1H3/t16?,17-,18+. The Hall–Kier alpha value is -2.82. The molecule has 2 aliphatic rings. The van der Waals surface area contributed by atoms with Gasteiger partial charge in [0.25, 0.3) is 5.91 Å². The van der Waals surface area contributed by atoms with Crippen LogP contribution >= 0.6 is 0 Å². The molecule has 5 nitrogen and oxygen atoms in total. The van der Waals surface area contributed by atoms with Crippen LogP contribution < -0.4 is 4.74 Å². The van der Waals surface area contributed by atoms with Crippen molar-refractivity contribution in [3.63, 3.8) is 0 Å². The predicted octanol–water partition coefficient (Wildman–Crippen LogP) is 3.89. The van der Waals surface area contributed by atoms with Crippen molar-refractivity contribution in [1.82, 2.24) is 14.5 Å². The molecule has 0 radical (unpaired) electrons. The van der Waals surface area contributed by atoms with Crippen LogP contribution in [0.25, 0.3) is 5.52 Å². The first-order chi connectivity index (χ1) is 13.2. The third kappa shape index (κ3) is 2.69. The summed E-state index contributed by atoms with van der Waals surface area (Å²) >= 11 is 0. The highest BCUT2D eigenvalue weighted by molar-refractivity contribution is 6.01. The third-order valence-electron chi connectivity index (χ3n) is 6.21. The van der Waals surface area contributed by atoms with Crippen LogP contribution in [-0.2, 0) is 0 Å². The maximum absolute atomic E-state index is 13.3. The maximum Gasteiger partial charge on any atom is 0.258 e. The number of pyridine rings is 1. The summed E-state index contributed by atoms with van der Waals surface area (Å²) in [5.74, 6) is 1.54. The van der Waals surface area contributed by atoms with Crippen molar-refractivity contribution in [1.29, 1.82) is 0 Å². The zero-order chi connectivity index (χ0) is 18.4. The van der Waals surface area contributed by atoms with E-state index in [2.05, 4.69) is 22.1 Å². The minimum atomic E-state index is 0.136. The summed E-state index contributed by atoms with van der Waals surface area (Å²) in [4.78, 5) is 15.5. The van der Waals surface area contributed by atoms with Crippen molar-refractivity contribution < 1.29 is 9.53 Å². The molecular weight excluding hydrogens is 338 g/mol. The average molecular weight is 361 g/mol. The smallest absolute Gasteiger partial charge is 0.258 e. The number of piperidine rings is 1. The highest BCUT2D eigenvalue weighted by Gasteiger charge is 2.44. The molecule has 2 aliphatic heterocycles. The predicted molar refractivity (Wildman–Crippen MR) is 103 cm³/mol. The monoisotopic (exact) mass is 361 g/mol. The number of nitrogens with zero attached hydrogens (tertiary/aromatic N) is 3. The van der Waals surface area contributed by atoms with E-state index in [1.54, 1.807) is 17.8 Å². The first-order valence-electron chi connectivity index (χ1n) is 9.63. The highest BCUT2D eigenvalue weighted by Crippen LogP contribution is 2.44. The molecule has 1 aromatic carbocycles. The SMILES string of the molecule is COc1ccc(C2C[C@H]3CC[C@@H](C2)N3C(=O)c2cnn3ccccc23)cc1. The number of methoxy groups -OCH3 is 1. The van der Waals surface area contributed by atoms with Gasteiger partial charge in [-0.2, -0.15) is 5.10 Å². The van der Waals surface area contributed by atoms with Gasteiger partial charge in [0.2, 0.25) is 0 Å². The topological polar surface area (TPSA) is 46.8 Å². The Morgan fingerprint density at radius 1 is 1.07 bits per heavy atom. The number of ether oxygens (including phenoxy) is 1. The van der Waals surface area contributed by atoms with Gasteiger partial charge in [0.1, 0.15) is 5.75 Å². The Morgan fingerprint density at radius 2 is 1.81 bits per heavy atom. The van der Waals surface area contributed by atoms with Gasteiger partial charge in [0.15, 0.2) is 0 Å². The zero-order valence-corrected chi connectivity index (χ0v) is 15.4. The molecule has 1 unspecified atom stereocenters. The van der Waals surface area contributed by atoms with Crippen LogP contribution in [0, 0.1) is 0 Å². The molecule has 27 heavy (non-hydrogen) atoms. The van der Waals surface area contributed by atoms with Crippen LogP contribution in [0.1, 0.15) is 47.5 Å². The normalized spacial score (nSPS) is 24.3. The van der Waals surface area contributed by atoms with Gasteiger partial charge in [-0.25, -0.2) is 4.52 Å². The van der Waals surface area contributed by atoms with Gasteiger partial charge in [-0.1, -0.05) is 18.2 Å². The molecule has 2 bridgehead atoms. The van der Waals surface area contributed by atoms with Crippen LogP contribution in [-0.4, -0.2) is 39.6 Å². The first kappa shape index (κ1) is 16.4. The van der Waals surface area contributed by atoms with Gasteiger partial charge in [-0.05, 0) is 61.4 Å². The molecule has 2 fully saturated rings. The molecule has 0 saturated carbocycles. The minimum absolute atomic E-state index is 0.136. The first-order valence-corrected chi connectivity index (χ1v) is 9.63. The van der Waals surface area contributed by atoms with Crippen molar-refractivity contribution in [3.05, 3.63) is 66.0 Å². The van der Waals surface area contributed by atoms with E-state index in [1.165, 1.54) is 5.56 Å². The molecule has 0 N–H and O–H groups in total. The number of benzene rings is 1. The van der Waals surface area contributed by atoms with Crippen LogP contribution in [0.4, 0.5) is 0 Å². The average Bonchev–Trinajstić information content (AvgIpc) is 3.26. The Morgan fingerprint density at radius 3 is 2.52 bits per heavy atom. The van der Waals surface area contributed by atoms with E-state index in [0.717, 1.165) is 42.5 Å². The fraction of sp³-hybridized carbons (Fsp3) is 0.364. The second-order valence-corrected chi connectivity index (χ2v) is 7.63. The van der Waals surface area contributed by atoms with E-state index in [-0.39, 0.29) is 5.91 Å². The molecule has 5 rings (SSSR count). The van der Waals surface area contributed by atoms with Gasteiger partial charge in [0.05, 0.1) is 24.4 Å². The lowest BCUT2D eigenvalue weighted by Crippen LogP contribution is -2.46. The Balaban J connectivity index is 1.39. The van der Waals surface area contributed by atoms with E-state index >= 15 is 0 Å². The van der Waals surface area contributed by atoms with Gasteiger partial charge in [-0.3, -0.25) is 4.79 Å². The second kappa shape index (κ2) is 6.41. The minimum Gasteiger partial charge on any atom is -0.497 e. The van der Waals surface area contributed by atoms with Crippen molar-refractivity contribution in [2.75, 3.05) is 7.11 Å². The highest BCUT2D eigenvalue weighted by atomic mass is 16.5. The fourth-order valence-electron chi connectivity index (χ4n) is 4.90.